The van der Waals surface area contributed by atoms with Crippen molar-refractivity contribution in [3.05, 3.63) is 47.8 Å². The van der Waals surface area contributed by atoms with Crippen molar-refractivity contribution in [1.29, 1.82) is 0 Å². The monoisotopic (exact) mass is 258 g/mol. The molecule has 0 spiro atoms. The highest BCUT2D eigenvalue weighted by Gasteiger charge is 2.10. The molecule has 1 aromatic carbocycles. The number of aliphatic hydroxyl groups is 1. The van der Waals surface area contributed by atoms with E-state index in [0.29, 0.717) is 24.7 Å². The Morgan fingerprint density at radius 3 is 2.58 bits per heavy atom. The highest BCUT2D eigenvalue weighted by molar-refractivity contribution is 5.47. The molecule has 0 bridgehead atoms. The average Bonchev–Trinajstić information content (AvgIpc) is 2.38. The van der Waals surface area contributed by atoms with Crippen molar-refractivity contribution in [3.8, 4) is 0 Å². The van der Waals surface area contributed by atoms with Crippen molar-refractivity contribution in [2.75, 3.05) is 23.8 Å². The number of hydrogen-bond donors (Lipinski definition) is 2. The van der Waals surface area contributed by atoms with Gasteiger partial charge in [0.1, 0.15) is 17.5 Å². The number of benzene rings is 1. The van der Waals surface area contributed by atoms with Crippen LogP contribution in [0.1, 0.15) is 11.4 Å². The lowest BCUT2D eigenvalue weighted by Gasteiger charge is -2.23. The van der Waals surface area contributed by atoms with E-state index in [1.807, 2.05) is 35.2 Å². The molecule has 3 N–H and O–H groups in total. The Bertz CT molecular complexity index is 510. The molecule has 0 radical (unpaired) electrons. The molecule has 0 atom stereocenters. The minimum absolute atomic E-state index is 0.0653. The normalized spacial score (nSPS) is 10.4. The van der Waals surface area contributed by atoms with Crippen molar-refractivity contribution >= 4 is 11.6 Å². The summed E-state index contributed by atoms with van der Waals surface area (Å²) in [5.74, 6) is 1.81. The SMILES string of the molecule is Cc1nc(N)cc(N(CCO)Cc2ccccc2)n1. The Morgan fingerprint density at radius 2 is 1.95 bits per heavy atom. The van der Waals surface area contributed by atoms with Crippen LogP contribution >= 0.6 is 0 Å². The molecule has 0 aliphatic carbocycles. The lowest BCUT2D eigenvalue weighted by atomic mass is 10.2. The molecule has 0 saturated carbocycles. The molecule has 0 amide bonds. The van der Waals surface area contributed by atoms with Gasteiger partial charge in [-0.05, 0) is 12.5 Å². The number of nitrogens with zero attached hydrogens (tertiary/aromatic N) is 3. The molecule has 0 aliphatic heterocycles. The first-order chi connectivity index (χ1) is 9.19. The van der Waals surface area contributed by atoms with Crippen molar-refractivity contribution in [2.24, 2.45) is 0 Å². The van der Waals surface area contributed by atoms with Crippen LogP contribution in [0, 0.1) is 6.92 Å². The predicted octanol–water partition coefficient (Wildman–Crippen LogP) is 1.37. The molecule has 0 saturated heterocycles. The van der Waals surface area contributed by atoms with Gasteiger partial charge in [0, 0.05) is 19.2 Å². The standard InChI is InChI=1S/C14H18N4O/c1-11-16-13(15)9-14(17-11)18(7-8-19)10-12-5-3-2-4-6-12/h2-6,9,19H,7-8,10H2,1H3,(H2,15,16,17). The molecule has 2 aromatic rings. The Hall–Kier alpha value is -2.14. The van der Waals surface area contributed by atoms with Crippen molar-refractivity contribution < 1.29 is 5.11 Å². The quantitative estimate of drug-likeness (QED) is 0.847. The number of rotatable bonds is 5. The fourth-order valence-electron chi connectivity index (χ4n) is 1.94. The van der Waals surface area contributed by atoms with Gasteiger partial charge >= 0.3 is 0 Å². The highest BCUT2D eigenvalue weighted by Crippen LogP contribution is 2.16. The molecule has 0 aliphatic rings. The van der Waals surface area contributed by atoms with Crippen LogP contribution in [0.5, 0.6) is 0 Å². The molecule has 0 unspecified atom stereocenters. The number of aromatic nitrogens is 2. The molecule has 19 heavy (non-hydrogen) atoms. The number of nitrogen functional groups attached to an aromatic ring is 1. The van der Waals surface area contributed by atoms with Gasteiger partial charge in [-0.2, -0.15) is 0 Å². The zero-order valence-corrected chi connectivity index (χ0v) is 11.0. The topological polar surface area (TPSA) is 75.3 Å². The second-order valence-electron chi connectivity index (χ2n) is 4.33. The van der Waals surface area contributed by atoms with Crippen molar-refractivity contribution in [2.45, 2.75) is 13.5 Å². The molecule has 5 heteroatoms. The van der Waals surface area contributed by atoms with E-state index in [-0.39, 0.29) is 6.61 Å². The molecule has 0 fully saturated rings. The summed E-state index contributed by atoms with van der Waals surface area (Å²) in [6.07, 6.45) is 0. The van der Waals surface area contributed by atoms with E-state index < -0.39 is 0 Å². The molecule has 1 aromatic heterocycles. The number of aliphatic hydroxyl groups excluding tert-OH is 1. The molecular weight excluding hydrogens is 240 g/mol. The lowest BCUT2D eigenvalue weighted by molar-refractivity contribution is 0.301. The second kappa shape index (κ2) is 6.15. The molecule has 1 heterocycles. The van der Waals surface area contributed by atoms with Crippen molar-refractivity contribution in [3.63, 3.8) is 0 Å². The first kappa shape index (κ1) is 13.3. The average molecular weight is 258 g/mol. The van der Waals surface area contributed by atoms with Crippen LogP contribution in [0.25, 0.3) is 0 Å². The Labute approximate surface area is 112 Å². The molecule has 5 nitrogen and oxygen atoms in total. The molecular formula is C14H18N4O. The summed E-state index contributed by atoms with van der Waals surface area (Å²) in [7, 11) is 0. The summed E-state index contributed by atoms with van der Waals surface area (Å²) in [5.41, 5.74) is 6.90. The van der Waals surface area contributed by atoms with E-state index in [1.165, 1.54) is 0 Å². The van der Waals surface area contributed by atoms with Crippen LogP contribution in [-0.2, 0) is 6.54 Å². The third-order valence-electron chi connectivity index (χ3n) is 2.75. The first-order valence-electron chi connectivity index (χ1n) is 6.20. The van der Waals surface area contributed by atoms with E-state index in [0.717, 1.165) is 11.4 Å². The van der Waals surface area contributed by atoms with E-state index in [1.54, 1.807) is 13.0 Å². The summed E-state index contributed by atoms with van der Waals surface area (Å²) in [6, 6.07) is 11.8. The van der Waals surface area contributed by atoms with E-state index >= 15 is 0 Å². The van der Waals surface area contributed by atoms with Crippen molar-refractivity contribution in [1.82, 2.24) is 9.97 Å². The van der Waals surface area contributed by atoms with Gasteiger partial charge in [0.2, 0.25) is 0 Å². The van der Waals surface area contributed by atoms with Crippen LogP contribution in [0.15, 0.2) is 36.4 Å². The summed E-state index contributed by atoms with van der Waals surface area (Å²) >= 11 is 0. The summed E-state index contributed by atoms with van der Waals surface area (Å²) in [5, 5.41) is 9.20. The van der Waals surface area contributed by atoms with Gasteiger partial charge in [-0.1, -0.05) is 30.3 Å². The van der Waals surface area contributed by atoms with Gasteiger partial charge in [0.05, 0.1) is 6.61 Å². The van der Waals surface area contributed by atoms with E-state index in [9.17, 15) is 5.11 Å². The van der Waals surface area contributed by atoms with Gasteiger partial charge in [-0.15, -0.1) is 0 Å². The zero-order chi connectivity index (χ0) is 13.7. The zero-order valence-electron chi connectivity index (χ0n) is 11.0. The maximum Gasteiger partial charge on any atom is 0.134 e. The van der Waals surface area contributed by atoms with E-state index in [4.69, 9.17) is 5.73 Å². The Kier molecular flexibility index (Phi) is 4.30. The second-order valence-corrected chi connectivity index (χ2v) is 4.33. The number of aryl methyl sites for hydroxylation is 1. The predicted molar refractivity (Wildman–Crippen MR) is 75.8 cm³/mol. The van der Waals surface area contributed by atoms with Crippen LogP contribution in [0.3, 0.4) is 0 Å². The minimum atomic E-state index is 0.0653. The van der Waals surface area contributed by atoms with Gasteiger partial charge in [0.25, 0.3) is 0 Å². The largest absolute Gasteiger partial charge is 0.395 e. The van der Waals surface area contributed by atoms with Gasteiger partial charge < -0.3 is 15.7 Å². The molecule has 100 valence electrons. The molecule has 2 rings (SSSR count). The Balaban J connectivity index is 2.24. The van der Waals surface area contributed by atoms with Crippen LogP contribution in [0.4, 0.5) is 11.6 Å². The number of anilines is 2. The first-order valence-corrected chi connectivity index (χ1v) is 6.20. The maximum atomic E-state index is 9.20. The summed E-state index contributed by atoms with van der Waals surface area (Å²) in [4.78, 5) is 10.4. The van der Waals surface area contributed by atoms with Crippen LogP contribution < -0.4 is 10.6 Å². The smallest absolute Gasteiger partial charge is 0.134 e. The lowest BCUT2D eigenvalue weighted by Crippen LogP contribution is -2.27. The van der Waals surface area contributed by atoms with E-state index in [2.05, 4.69) is 9.97 Å². The Morgan fingerprint density at radius 1 is 1.21 bits per heavy atom. The van der Waals surface area contributed by atoms with Gasteiger partial charge in [-0.3, -0.25) is 0 Å². The van der Waals surface area contributed by atoms with Gasteiger partial charge in [-0.25, -0.2) is 9.97 Å². The summed E-state index contributed by atoms with van der Waals surface area (Å²) in [6.45, 7) is 3.05. The number of hydrogen-bond acceptors (Lipinski definition) is 5. The highest BCUT2D eigenvalue weighted by atomic mass is 16.3. The fraction of sp³-hybridized carbons (Fsp3) is 0.286. The number of nitrogens with two attached hydrogens (primary N) is 1. The fourth-order valence-corrected chi connectivity index (χ4v) is 1.94. The maximum absolute atomic E-state index is 9.20. The van der Waals surface area contributed by atoms with Gasteiger partial charge in [0.15, 0.2) is 0 Å². The minimum Gasteiger partial charge on any atom is -0.395 e. The third kappa shape index (κ3) is 3.66. The van der Waals surface area contributed by atoms with Crippen LogP contribution in [-0.4, -0.2) is 28.2 Å². The van der Waals surface area contributed by atoms with Crippen LogP contribution in [0.2, 0.25) is 0 Å². The summed E-state index contributed by atoms with van der Waals surface area (Å²) < 4.78 is 0. The third-order valence-corrected chi connectivity index (χ3v) is 2.75.